The van der Waals surface area contributed by atoms with Crippen LogP contribution in [-0.4, -0.2) is 5.16 Å². The number of halogens is 2. The van der Waals surface area contributed by atoms with Gasteiger partial charge in [0.1, 0.15) is 12.1 Å². The largest absolute Gasteiger partial charge is 0.378 e. The molecule has 0 amide bonds. The van der Waals surface area contributed by atoms with Crippen molar-refractivity contribution in [3.8, 4) is 0 Å². The maximum absolute atomic E-state index is 13.3. The molecule has 3 nitrogen and oxygen atoms in total. The molecule has 0 bridgehead atoms. The van der Waals surface area contributed by atoms with Gasteiger partial charge in [0.25, 0.3) is 0 Å². The number of nitrogens with one attached hydrogen (secondary N) is 1. The fourth-order valence-electron chi connectivity index (χ4n) is 1.14. The van der Waals surface area contributed by atoms with Crippen molar-refractivity contribution in [2.75, 3.05) is 5.32 Å². The molecule has 0 aliphatic carbocycles. The van der Waals surface area contributed by atoms with Crippen molar-refractivity contribution in [1.29, 1.82) is 0 Å². The van der Waals surface area contributed by atoms with E-state index in [0.29, 0.717) is 17.3 Å². The minimum absolute atomic E-state index is 0.376. The zero-order valence-electron chi connectivity index (χ0n) is 7.71. The van der Waals surface area contributed by atoms with Crippen LogP contribution in [0.2, 0.25) is 5.02 Å². The fraction of sp³-hybridized carbons (Fsp3) is 0.100. The van der Waals surface area contributed by atoms with Crippen LogP contribution in [-0.2, 0) is 6.54 Å². The Balaban J connectivity index is 2.05. The van der Waals surface area contributed by atoms with Gasteiger partial charge in [0.15, 0.2) is 0 Å². The first-order valence-corrected chi connectivity index (χ1v) is 4.70. The van der Waals surface area contributed by atoms with Gasteiger partial charge in [0.2, 0.25) is 0 Å². The highest BCUT2D eigenvalue weighted by Crippen LogP contribution is 2.19. The quantitative estimate of drug-likeness (QED) is 0.874. The lowest BCUT2D eigenvalue weighted by Crippen LogP contribution is -2.00. The van der Waals surface area contributed by atoms with Gasteiger partial charge in [0.05, 0.1) is 11.9 Å². The van der Waals surface area contributed by atoms with Crippen molar-refractivity contribution in [2.45, 2.75) is 6.54 Å². The van der Waals surface area contributed by atoms with Gasteiger partial charge in [0, 0.05) is 17.1 Å². The maximum atomic E-state index is 13.3. The van der Waals surface area contributed by atoms with E-state index in [1.54, 1.807) is 18.3 Å². The third-order valence-corrected chi connectivity index (χ3v) is 2.13. The summed E-state index contributed by atoms with van der Waals surface area (Å²) in [6.07, 6.45) is 3.07. The van der Waals surface area contributed by atoms with E-state index in [1.165, 1.54) is 12.3 Å². The van der Waals surface area contributed by atoms with E-state index in [-0.39, 0.29) is 5.82 Å². The van der Waals surface area contributed by atoms with Gasteiger partial charge >= 0.3 is 0 Å². The number of hydrogen-bond donors (Lipinski definition) is 1. The standard InChI is InChI=1S/C10H8ClFN2O/c11-8-1-2-10(9(12)3-8)13-4-7-5-14-15-6-7/h1-3,5-6,13H,4H2. The Morgan fingerprint density at radius 3 is 3.00 bits per heavy atom. The van der Waals surface area contributed by atoms with Gasteiger partial charge in [-0.1, -0.05) is 16.8 Å². The Kier molecular flexibility index (Phi) is 2.87. The molecule has 1 heterocycles. The molecule has 2 rings (SSSR count). The predicted octanol–water partition coefficient (Wildman–Crippen LogP) is 3.08. The second-order valence-electron chi connectivity index (χ2n) is 3.01. The first-order valence-electron chi connectivity index (χ1n) is 4.33. The molecular weight excluding hydrogens is 219 g/mol. The molecule has 1 aromatic heterocycles. The fourth-order valence-corrected chi connectivity index (χ4v) is 1.30. The Morgan fingerprint density at radius 1 is 1.47 bits per heavy atom. The summed E-state index contributed by atoms with van der Waals surface area (Å²) < 4.78 is 17.9. The molecule has 0 spiro atoms. The molecule has 15 heavy (non-hydrogen) atoms. The molecule has 1 aromatic carbocycles. The summed E-state index contributed by atoms with van der Waals surface area (Å²) in [7, 11) is 0. The van der Waals surface area contributed by atoms with Crippen molar-refractivity contribution in [1.82, 2.24) is 5.16 Å². The van der Waals surface area contributed by atoms with Crippen molar-refractivity contribution in [2.24, 2.45) is 0 Å². The molecule has 0 saturated heterocycles. The molecule has 2 aromatic rings. The Bertz CT molecular complexity index is 445. The zero-order valence-corrected chi connectivity index (χ0v) is 8.46. The van der Waals surface area contributed by atoms with E-state index in [9.17, 15) is 4.39 Å². The van der Waals surface area contributed by atoms with Crippen molar-refractivity contribution in [3.63, 3.8) is 0 Å². The van der Waals surface area contributed by atoms with Crippen LogP contribution in [0, 0.1) is 5.82 Å². The average Bonchev–Trinajstić information content (AvgIpc) is 2.69. The van der Waals surface area contributed by atoms with E-state index in [2.05, 4.69) is 15.0 Å². The lowest BCUT2D eigenvalue weighted by atomic mass is 10.3. The van der Waals surface area contributed by atoms with Crippen LogP contribution in [0.3, 0.4) is 0 Å². The van der Waals surface area contributed by atoms with Gasteiger partial charge in [-0.2, -0.15) is 0 Å². The molecule has 0 saturated carbocycles. The lowest BCUT2D eigenvalue weighted by molar-refractivity contribution is 0.419. The Labute approximate surface area is 90.8 Å². The van der Waals surface area contributed by atoms with Crippen molar-refractivity contribution in [3.05, 3.63) is 47.1 Å². The number of anilines is 1. The highest BCUT2D eigenvalue weighted by Gasteiger charge is 2.02. The van der Waals surface area contributed by atoms with Crippen LogP contribution in [0.1, 0.15) is 5.56 Å². The van der Waals surface area contributed by atoms with Gasteiger partial charge < -0.3 is 9.84 Å². The summed E-state index contributed by atoms with van der Waals surface area (Å²) in [6, 6.07) is 4.48. The zero-order chi connectivity index (χ0) is 10.7. The predicted molar refractivity (Wildman–Crippen MR) is 55.2 cm³/mol. The number of nitrogens with zero attached hydrogens (tertiary/aromatic N) is 1. The third kappa shape index (κ3) is 2.47. The first-order chi connectivity index (χ1) is 7.25. The number of benzene rings is 1. The van der Waals surface area contributed by atoms with Crippen LogP contribution < -0.4 is 5.32 Å². The monoisotopic (exact) mass is 226 g/mol. The SMILES string of the molecule is Fc1cc(Cl)ccc1NCc1cnoc1. The Hall–Kier alpha value is -1.55. The van der Waals surface area contributed by atoms with E-state index < -0.39 is 0 Å². The van der Waals surface area contributed by atoms with Crippen molar-refractivity contribution >= 4 is 17.3 Å². The molecule has 0 unspecified atom stereocenters. The molecule has 5 heteroatoms. The molecule has 78 valence electrons. The number of rotatable bonds is 3. The van der Waals surface area contributed by atoms with Crippen LogP contribution in [0.25, 0.3) is 0 Å². The van der Waals surface area contributed by atoms with E-state index >= 15 is 0 Å². The van der Waals surface area contributed by atoms with Crippen LogP contribution in [0.5, 0.6) is 0 Å². The van der Waals surface area contributed by atoms with E-state index in [1.807, 2.05) is 0 Å². The highest BCUT2D eigenvalue weighted by molar-refractivity contribution is 6.30. The summed E-state index contributed by atoms with van der Waals surface area (Å²) >= 11 is 5.62. The van der Waals surface area contributed by atoms with Gasteiger partial charge in [-0.15, -0.1) is 0 Å². The minimum Gasteiger partial charge on any atom is -0.378 e. The van der Waals surface area contributed by atoms with Crippen LogP contribution >= 0.6 is 11.6 Å². The normalized spacial score (nSPS) is 10.3. The van der Waals surface area contributed by atoms with Gasteiger partial charge in [-0.05, 0) is 18.2 Å². The first kappa shape index (κ1) is 9.98. The average molecular weight is 227 g/mol. The lowest BCUT2D eigenvalue weighted by Gasteiger charge is -2.05. The molecule has 0 aliphatic rings. The molecule has 0 aliphatic heterocycles. The molecular formula is C10H8ClFN2O. The summed E-state index contributed by atoms with van der Waals surface area (Å²) in [5.41, 5.74) is 1.25. The van der Waals surface area contributed by atoms with Gasteiger partial charge in [-0.25, -0.2) is 4.39 Å². The number of aromatic nitrogens is 1. The second-order valence-corrected chi connectivity index (χ2v) is 3.45. The molecule has 0 atom stereocenters. The maximum Gasteiger partial charge on any atom is 0.147 e. The Morgan fingerprint density at radius 2 is 2.33 bits per heavy atom. The smallest absolute Gasteiger partial charge is 0.147 e. The summed E-state index contributed by atoms with van der Waals surface area (Å²) in [4.78, 5) is 0. The molecule has 0 radical (unpaired) electrons. The highest BCUT2D eigenvalue weighted by atomic mass is 35.5. The molecule has 0 fully saturated rings. The third-order valence-electron chi connectivity index (χ3n) is 1.90. The van der Waals surface area contributed by atoms with Gasteiger partial charge in [-0.3, -0.25) is 0 Å². The number of hydrogen-bond acceptors (Lipinski definition) is 3. The van der Waals surface area contributed by atoms with E-state index in [0.717, 1.165) is 5.56 Å². The van der Waals surface area contributed by atoms with Crippen LogP contribution in [0.15, 0.2) is 35.2 Å². The topological polar surface area (TPSA) is 38.1 Å². The molecule has 1 N–H and O–H groups in total. The van der Waals surface area contributed by atoms with Crippen LogP contribution in [0.4, 0.5) is 10.1 Å². The minimum atomic E-state index is -0.376. The van der Waals surface area contributed by atoms with E-state index in [4.69, 9.17) is 11.6 Å². The second kappa shape index (κ2) is 4.31. The van der Waals surface area contributed by atoms with Crippen molar-refractivity contribution < 1.29 is 8.91 Å². The summed E-state index contributed by atoms with van der Waals surface area (Å²) in [6.45, 7) is 0.460. The summed E-state index contributed by atoms with van der Waals surface area (Å²) in [5.74, 6) is -0.376. The summed E-state index contributed by atoms with van der Waals surface area (Å²) in [5, 5.41) is 6.83.